The zero-order chi connectivity index (χ0) is 13.1. The number of carbonyl (C=O) groups excluding carboxylic acids is 1. The Morgan fingerprint density at radius 3 is 2.53 bits per heavy atom. The maximum atomic E-state index is 11.4. The van der Waals surface area contributed by atoms with Crippen molar-refractivity contribution in [3.8, 4) is 11.5 Å². The number of ether oxygens (including phenoxy) is 1. The van der Waals surface area contributed by atoms with Crippen LogP contribution in [-0.2, 0) is 4.74 Å². The average molecular weight is 267 g/mol. The van der Waals surface area contributed by atoms with E-state index in [9.17, 15) is 4.79 Å². The van der Waals surface area contributed by atoms with Crippen LogP contribution in [0.2, 0.25) is 24.7 Å². The summed E-state index contributed by atoms with van der Waals surface area (Å²) in [7, 11) is -0.0843. The molecule has 90 valence electrons. The molecule has 0 unspecified atom stereocenters. The highest BCUT2D eigenvalue weighted by atomic mass is 35.5. The number of hydrogen-bond donors (Lipinski definition) is 0. The van der Waals surface area contributed by atoms with Crippen LogP contribution in [0.5, 0.6) is 0 Å². The van der Waals surface area contributed by atoms with Crippen LogP contribution in [0.3, 0.4) is 0 Å². The number of halogens is 1. The summed E-state index contributed by atoms with van der Waals surface area (Å²) in [4.78, 5) is 11.4. The molecule has 0 atom stereocenters. The minimum atomic E-state index is -1.42. The SMILES string of the molecule is COC(=O)c1cc(C#C[Si](C)(C)C)ccc1Cl. The van der Waals surface area contributed by atoms with E-state index < -0.39 is 14.0 Å². The van der Waals surface area contributed by atoms with Gasteiger partial charge in [0.2, 0.25) is 0 Å². The molecule has 1 aromatic rings. The maximum absolute atomic E-state index is 11.4. The van der Waals surface area contributed by atoms with Crippen LogP contribution >= 0.6 is 11.6 Å². The van der Waals surface area contributed by atoms with Crippen molar-refractivity contribution in [1.82, 2.24) is 0 Å². The monoisotopic (exact) mass is 266 g/mol. The fraction of sp³-hybridized carbons (Fsp3) is 0.308. The first-order valence-corrected chi connectivity index (χ1v) is 9.12. The van der Waals surface area contributed by atoms with E-state index in [2.05, 4.69) is 35.8 Å². The Hall–Kier alpha value is -1.24. The van der Waals surface area contributed by atoms with Gasteiger partial charge in [-0.2, -0.15) is 0 Å². The number of benzene rings is 1. The second kappa shape index (κ2) is 5.39. The lowest BCUT2D eigenvalue weighted by Gasteiger charge is -2.05. The first kappa shape index (κ1) is 13.8. The van der Waals surface area contributed by atoms with E-state index in [4.69, 9.17) is 11.6 Å². The van der Waals surface area contributed by atoms with Crippen LogP contribution in [0.1, 0.15) is 15.9 Å². The van der Waals surface area contributed by atoms with E-state index in [-0.39, 0.29) is 0 Å². The fourth-order valence-electron chi connectivity index (χ4n) is 1.13. The van der Waals surface area contributed by atoms with Crippen molar-refractivity contribution in [2.75, 3.05) is 7.11 Å². The Morgan fingerprint density at radius 2 is 2.00 bits per heavy atom. The largest absolute Gasteiger partial charge is 0.465 e. The number of methoxy groups -OCH3 is 1. The van der Waals surface area contributed by atoms with Crippen molar-refractivity contribution in [3.05, 3.63) is 34.3 Å². The van der Waals surface area contributed by atoms with Gasteiger partial charge in [-0.15, -0.1) is 5.54 Å². The molecule has 0 aliphatic rings. The summed E-state index contributed by atoms with van der Waals surface area (Å²) in [5.41, 5.74) is 4.38. The van der Waals surface area contributed by atoms with E-state index in [1.807, 2.05) is 6.07 Å². The van der Waals surface area contributed by atoms with Gasteiger partial charge in [-0.1, -0.05) is 37.2 Å². The summed E-state index contributed by atoms with van der Waals surface area (Å²) in [5, 5.41) is 0.385. The minimum Gasteiger partial charge on any atom is -0.465 e. The van der Waals surface area contributed by atoms with Crippen LogP contribution in [0.15, 0.2) is 18.2 Å². The Labute approximate surface area is 108 Å². The van der Waals surface area contributed by atoms with Gasteiger partial charge >= 0.3 is 5.97 Å². The van der Waals surface area contributed by atoms with Crippen molar-refractivity contribution >= 4 is 25.6 Å². The third kappa shape index (κ3) is 4.26. The van der Waals surface area contributed by atoms with Gasteiger partial charge in [-0.05, 0) is 18.2 Å². The zero-order valence-electron chi connectivity index (χ0n) is 10.4. The highest BCUT2D eigenvalue weighted by Gasteiger charge is 2.11. The van der Waals surface area contributed by atoms with Gasteiger partial charge < -0.3 is 4.74 Å². The lowest BCUT2D eigenvalue weighted by atomic mass is 10.1. The summed E-state index contributed by atoms with van der Waals surface area (Å²) in [5.74, 6) is 2.64. The predicted molar refractivity (Wildman–Crippen MR) is 73.0 cm³/mol. The Bertz CT molecular complexity index is 492. The van der Waals surface area contributed by atoms with Gasteiger partial charge in [-0.3, -0.25) is 0 Å². The quantitative estimate of drug-likeness (QED) is 0.443. The van der Waals surface area contributed by atoms with Crippen molar-refractivity contribution in [1.29, 1.82) is 0 Å². The molecule has 0 bridgehead atoms. The van der Waals surface area contributed by atoms with Gasteiger partial charge in [0.05, 0.1) is 17.7 Å². The van der Waals surface area contributed by atoms with Gasteiger partial charge in [-0.25, -0.2) is 4.79 Å². The van der Waals surface area contributed by atoms with Crippen LogP contribution in [-0.4, -0.2) is 21.2 Å². The summed E-state index contributed by atoms with van der Waals surface area (Å²) in [6, 6.07) is 5.14. The van der Waals surface area contributed by atoms with Crippen molar-refractivity contribution in [3.63, 3.8) is 0 Å². The normalized spacial score (nSPS) is 10.4. The Morgan fingerprint density at radius 1 is 1.35 bits per heavy atom. The summed E-state index contributed by atoms with van der Waals surface area (Å²) >= 11 is 5.92. The lowest BCUT2D eigenvalue weighted by Crippen LogP contribution is -2.16. The number of carbonyl (C=O) groups is 1. The Balaban J connectivity index is 3.12. The molecule has 0 heterocycles. The molecule has 0 fully saturated rings. The van der Waals surface area contributed by atoms with E-state index in [0.717, 1.165) is 5.56 Å². The van der Waals surface area contributed by atoms with Gasteiger partial charge in [0.1, 0.15) is 8.07 Å². The third-order valence-electron chi connectivity index (χ3n) is 1.95. The first-order chi connectivity index (χ1) is 7.83. The number of rotatable bonds is 1. The minimum absolute atomic E-state index is 0.358. The molecule has 0 amide bonds. The van der Waals surface area contributed by atoms with E-state index in [1.54, 1.807) is 12.1 Å². The van der Waals surface area contributed by atoms with Crippen LogP contribution in [0.4, 0.5) is 0 Å². The molecule has 0 aliphatic carbocycles. The molecular formula is C13H15ClO2Si. The van der Waals surface area contributed by atoms with Gasteiger partial charge in [0.25, 0.3) is 0 Å². The topological polar surface area (TPSA) is 26.3 Å². The van der Waals surface area contributed by atoms with Gasteiger partial charge in [0, 0.05) is 5.56 Å². The molecule has 0 aromatic heterocycles. The molecule has 0 saturated carbocycles. The fourth-order valence-corrected chi connectivity index (χ4v) is 1.84. The number of hydrogen-bond acceptors (Lipinski definition) is 2. The van der Waals surface area contributed by atoms with E-state index in [1.165, 1.54) is 7.11 Å². The summed E-state index contributed by atoms with van der Waals surface area (Å²) in [6.45, 7) is 6.49. The van der Waals surface area contributed by atoms with E-state index in [0.29, 0.717) is 10.6 Å². The molecule has 17 heavy (non-hydrogen) atoms. The van der Waals surface area contributed by atoms with Crippen LogP contribution in [0, 0.1) is 11.5 Å². The average Bonchev–Trinajstić information content (AvgIpc) is 2.26. The second-order valence-electron chi connectivity index (χ2n) is 4.69. The zero-order valence-corrected chi connectivity index (χ0v) is 12.2. The number of esters is 1. The molecule has 0 aliphatic heterocycles. The van der Waals surface area contributed by atoms with Crippen LogP contribution < -0.4 is 0 Å². The second-order valence-corrected chi connectivity index (χ2v) is 9.84. The predicted octanol–water partition coefficient (Wildman–Crippen LogP) is 3.36. The van der Waals surface area contributed by atoms with Crippen molar-refractivity contribution in [2.45, 2.75) is 19.6 Å². The van der Waals surface area contributed by atoms with Crippen molar-refractivity contribution < 1.29 is 9.53 Å². The summed E-state index contributed by atoms with van der Waals surface area (Å²) in [6.07, 6.45) is 0. The summed E-state index contributed by atoms with van der Waals surface area (Å²) < 4.78 is 4.65. The standard InChI is InChI=1S/C13H15ClO2Si/c1-16-13(15)11-9-10(5-6-12(11)14)7-8-17(2,3)4/h5-6,9H,1-4H3. The molecule has 0 radical (unpaired) electrons. The van der Waals surface area contributed by atoms with Crippen LogP contribution in [0.25, 0.3) is 0 Å². The molecule has 1 aromatic carbocycles. The molecule has 4 heteroatoms. The van der Waals surface area contributed by atoms with Gasteiger partial charge in [0.15, 0.2) is 0 Å². The lowest BCUT2D eigenvalue weighted by molar-refractivity contribution is 0.0601. The highest BCUT2D eigenvalue weighted by Crippen LogP contribution is 2.18. The molecule has 0 spiro atoms. The first-order valence-electron chi connectivity index (χ1n) is 5.24. The molecule has 2 nitrogen and oxygen atoms in total. The smallest absolute Gasteiger partial charge is 0.339 e. The molecule has 1 rings (SSSR count). The Kier molecular flexibility index (Phi) is 4.38. The van der Waals surface area contributed by atoms with E-state index >= 15 is 0 Å². The maximum Gasteiger partial charge on any atom is 0.339 e. The van der Waals surface area contributed by atoms with Crippen molar-refractivity contribution in [2.24, 2.45) is 0 Å². The molecule has 0 saturated heterocycles. The highest BCUT2D eigenvalue weighted by molar-refractivity contribution is 6.83. The third-order valence-corrected chi connectivity index (χ3v) is 3.16. The molecular weight excluding hydrogens is 252 g/mol. The molecule has 0 N–H and O–H groups in total.